The lowest BCUT2D eigenvalue weighted by Crippen LogP contribution is -2.40. The van der Waals surface area contributed by atoms with Crippen LogP contribution in [0.4, 0.5) is 18.0 Å². The van der Waals surface area contributed by atoms with Gasteiger partial charge in [0, 0.05) is 30.6 Å². The van der Waals surface area contributed by atoms with Crippen LogP contribution in [-0.2, 0) is 24.8 Å². The van der Waals surface area contributed by atoms with Crippen molar-refractivity contribution < 1.29 is 32.5 Å². The molecule has 0 radical (unpaired) electrons. The fraction of sp³-hybridized carbons (Fsp3) is 0.300. The molecular formula is C20H17ClF3N3O6. The van der Waals surface area contributed by atoms with Gasteiger partial charge in [0.15, 0.2) is 5.75 Å². The molecule has 9 nitrogen and oxygen atoms in total. The van der Waals surface area contributed by atoms with E-state index in [0.29, 0.717) is 10.6 Å². The molecule has 0 bridgehead atoms. The van der Waals surface area contributed by atoms with Crippen molar-refractivity contribution in [2.45, 2.75) is 25.7 Å². The maximum Gasteiger partial charge on any atom is 0.573 e. The van der Waals surface area contributed by atoms with Crippen LogP contribution in [0.5, 0.6) is 5.75 Å². The Morgan fingerprint density at radius 3 is 2.48 bits per heavy atom. The Morgan fingerprint density at radius 1 is 1.21 bits per heavy atom. The van der Waals surface area contributed by atoms with Crippen LogP contribution in [0.1, 0.15) is 17.5 Å². The maximum atomic E-state index is 13.2. The van der Waals surface area contributed by atoms with Crippen LogP contribution in [0.3, 0.4) is 0 Å². The molecule has 13 heteroatoms. The number of halogens is 4. The standard InChI is InChI=1S/C20H17ClF3N3O6/c1-26-16-15(17(28)27(18(26)29)7-2-8-32-19(30)31)13(9-11-3-5-12(21)6-4-11)14(10-25-16)33-20(22,23)24/h3-6,10H,2,7-9H2,1H3,(H,30,31). The molecule has 2 aromatic heterocycles. The van der Waals surface area contributed by atoms with Gasteiger partial charge < -0.3 is 14.6 Å². The minimum absolute atomic E-state index is 0.00829. The SMILES string of the molecule is Cn1c(=O)n(CCCOC(=O)O)c(=O)c2c(Cc3ccc(Cl)cc3)c(OC(F)(F)F)cnc21. The van der Waals surface area contributed by atoms with Crippen molar-refractivity contribution in [1.82, 2.24) is 14.1 Å². The van der Waals surface area contributed by atoms with Gasteiger partial charge in [-0.3, -0.25) is 13.9 Å². The molecule has 1 N–H and O–H groups in total. The zero-order chi connectivity index (χ0) is 24.3. The average Bonchev–Trinajstić information content (AvgIpc) is 2.73. The molecule has 0 aliphatic rings. The summed E-state index contributed by atoms with van der Waals surface area (Å²) in [5.74, 6) is -0.679. The summed E-state index contributed by atoms with van der Waals surface area (Å²) in [5, 5.41) is 8.73. The number of alkyl halides is 3. The first-order valence-electron chi connectivity index (χ1n) is 9.45. The van der Waals surface area contributed by atoms with Crippen molar-refractivity contribution in [1.29, 1.82) is 0 Å². The molecular weight excluding hydrogens is 471 g/mol. The van der Waals surface area contributed by atoms with Crippen molar-refractivity contribution in [2.75, 3.05) is 6.61 Å². The molecule has 0 atom stereocenters. The van der Waals surface area contributed by atoms with E-state index in [-0.39, 0.29) is 42.6 Å². The quantitative estimate of drug-likeness (QED) is 0.402. The zero-order valence-electron chi connectivity index (χ0n) is 17.1. The van der Waals surface area contributed by atoms with E-state index in [4.69, 9.17) is 16.7 Å². The number of rotatable bonds is 7. The molecule has 3 rings (SSSR count). The molecule has 1 aromatic carbocycles. The van der Waals surface area contributed by atoms with Crippen LogP contribution in [-0.4, -0.2) is 38.3 Å². The smallest absolute Gasteiger partial charge is 0.450 e. The third kappa shape index (κ3) is 5.64. The van der Waals surface area contributed by atoms with Crippen molar-refractivity contribution in [3.05, 3.63) is 67.4 Å². The van der Waals surface area contributed by atoms with E-state index in [0.717, 1.165) is 15.3 Å². The van der Waals surface area contributed by atoms with Gasteiger partial charge in [-0.05, 0) is 24.1 Å². The largest absolute Gasteiger partial charge is 0.573 e. The highest BCUT2D eigenvalue weighted by Gasteiger charge is 2.33. The summed E-state index contributed by atoms with van der Waals surface area (Å²) in [5.41, 5.74) is -1.35. The van der Waals surface area contributed by atoms with Crippen LogP contribution in [0.25, 0.3) is 11.0 Å². The molecule has 0 aliphatic carbocycles. The molecule has 33 heavy (non-hydrogen) atoms. The normalized spacial score (nSPS) is 11.5. The van der Waals surface area contributed by atoms with Crippen molar-refractivity contribution in [2.24, 2.45) is 7.05 Å². The van der Waals surface area contributed by atoms with Gasteiger partial charge in [0.25, 0.3) is 5.56 Å². The van der Waals surface area contributed by atoms with Crippen molar-refractivity contribution in [3.63, 3.8) is 0 Å². The topological polar surface area (TPSA) is 113 Å². The highest BCUT2D eigenvalue weighted by molar-refractivity contribution is 6.30. The molecule has 0 unspecified atom stereocenters. The number of carboxylic acid groups (broad SMARTS) is 1. The number of aryl methyl sites for hydroxylation is 1. The van der Waals surface area contributed by atoms with E-state index >= 15 is 0 Å². The van der Waals surface area contributed by atoms with Gasteiger partial charge in [-0.25, -0.2) is 14.6 Å². The van der Waals surface area contributed by atoms with Crippen LogP contribution < -0.4 is 16.0 Å². The van der Waals surface area contributed by atoms with Crippen molar-refractivity contribution >= 4 is 28.8 Å². The first-order chi connectivity index (χ1) is 15.5. The van der Waals surface area contributed by atoms with E-state index in [1.807, 2.05) is 0 Å². The van der Waals surface area contributed by atoms with Crippen LogP contribution in [0.15, 0.2) is 40.1 Å². The molecule has 0 saturated carbocycles. The molecule has 2 heterocycles. The Balaban J connectivity index is 2.20. The predicted octanol–water partition coefficient (Wildman–Crippen LogP) is 3.32. The fourth-order valence-electron chi connectivity index (χ4n) is 3.27. The number of hydrogen-bond donors (Lipinski definition) is 1. The molecule has 0 spiro atoms. The Labute approximate surface area is 188 Å². The van der Waals surface area contributed by atoms with E-state index in [1.165, 1.54) is 7.05 Å². The Kier molecular flexibility index (Phi) is 6.96. The summed E-state index contributed by atoms with van der Waals surface area (Å²) in [4.78, 5) is 40.2. The van der Waals surface area contributed by atoms with Crippen LogP contribution in [0, 0.1) is 0 Å². The fourth-order valence-corrected chi connectivity index (χ4v) is 3.39. The summed E-state index contributed by atoms with van der Waals surface area (Å²) in [6.45, 7) is -0.504. The highest BCUT2D eigenvalue weighted by atomic mass is 35.5. The highest BCUT2D eigenvalue weighted by Crippen LogP contribution is 2.31. The second kappa shape index (κ2) is 9.53. The Hall–Kier alpha value is -3.54. The first-order valence-corrected chi connectivity index (χ1v) is 9.83. The second-order valence-electron chi connectivity index (χ2n) is 6.92. The number of hydrogen-bond acceptors (Lipinski definition) is 6. The lowest BCUT2D eigenvalue weighted by atomic mass is 10.0. The van der Waals surface area contributed by atoms with E-state index in [9.17, 15) is 27.6 Å². The van der Waals surface area contributed by atoms with Gasteiger partial charge in [0.1, 0.15) is 5.65 Å². The summed E-state index contributed by atoms with van der Waals surface area (Å²) >= 11 is 5.87. The van der Waals surface area contributed by atoms with Crippen LogP contribution >= 0.6 is 11.6 Å². The van der Waals surface area contributed by atoms with Gasteiger partial charge in [0.2, 0.25) is 0 Å². The zero-order valence-corrected chi connectivity index (χ0v) is 17.8. The van der Waals surface area contributed by atoms with Crippen molar-refractivity contribution in [3.8, 4) is 5.75 Å². The second-order valence-corrected chi connectivity index (χ2v) is 7.35. The van der Waals surface area contributed by atoms with Gasteiger partial charge in [0.05, 0.1) is 18.2 Å². The lowest BCUT2D eigenvalue weighted by Gasteiger charge is -2.17. The minimum atomic E-state index is -5.04. The third-order valence-corrected chi connectivity index (χ3v) is 4.94. The number of fused-ring (bicyclic) bond motifs is 1. The van der Waals surface area contributed by atoms with Gasteiger partial charge in [-0.1, -0.05) is 23.7 Å². The van der Waals surface area contributed by atoms with Gasteiger partial charge in [-0.2, -0.15) is 0 Å². The molecule has 0 amide bonds. The number of ether oxygens (including phenoxy) is 2. The monoisotopic (exact) mass is 487 g/mol. The van der Waals surface area contributed by atoms with Crippen LogP contribution in [0.2, 0.25) is 5.02 Å². The number of carbonyl (C=O) groups is 1. The van der Waals surface area contributed by atoms with E-state index in [1.54, 1.807) is 24.3 Å². The minimum Gasteiger partial charge on any atom is -0.450 e. The summed E-state index contributed by atoms with van der Waals surface area (Å²) in [7, 11) is 1.32. The Bertz CT molecular complexity index is 1300. The molecule has 176 valence electrons. The number of aromatic nitrogens is 3. The molecule has 0 aliphatic heterocycles. The maximum absolute atomic E-state index is 13.2. The number of benzene rings is 1. The Morgan fingerprint density at radius 2 is 1.88 bits per heavy atom. The van der Waals surface area contributed by atoms with E-state index in [2.05, 4.69) is 14.5 Å². The molecule has 3 aromatic rings. The van der Waals surface area contributed by atoms with Gasteiger partial charge in [-0.15, -0.1) is 13.2 Å². The summed E-state index contributed by atoms with van der Waals surface area (Å²) < 4.78 is 49.4. The summed E-state index contributed by atoms with van der Waals surface area (Å²) in [6, 6.07) is 6.24. The first kappa shape index (κ1) is 24.1. The lowest BCUT2D eigenvalue weighted by molar-refractivity contribution is -0.274. The molecule has 0 fully saturated rings. The average molecular weight is 488 g/mol. The van der Waals surface area contributed by atoms with Gasteiger partial charge >= 0.3 is 18.2 Å². The molecule has 0 saturated heterocycles. The number of pyridine rings is 1. The number of nitrogens with zero attached hydrogens (tertiary/aromatic N) is 3. The predicted molar refractivity (Wildman–Crippen MR) is 111 cm³/mol. The summed E-state index contributed by atoms with van der Waals surface area (Å²) in [6.07, 6.45) is -5.90. The van der Waals surface area contributed by atoms with E-state index < -0.39 is 29.5 Å². The third-order valence-electron chi connectivity index (χ3n) is 4.69.